The van der Waals surface area contributed by atoms with E-state index in [-0.39, 0.29) is 11.4 Å². The van der Waals surface area contributed by atoms with Crippen molar-refractivity contribution in [2.45, 2.75) is 5.16 Å². The van der Waals surface area contributed by atoms with Gasteiger partial charge in [-0.1, -0.05) is 23.9 Å². The Morgan fingerprint density at radius 3 is 2.68 bits per heavy atom. The average Bonchev–Trinajstić information content (AvgIpc) is 2.46. The van der Waals surface area contributed by atoms with Gasteiger partial charge in [-0.15, -0.1) is 0 Å². The first-order valence-corrected chi connectivity index (χ1v) is 6.68. The topological polar surface area (TPSA) is 84.8 Å². The lowest BCUT2D eigenvalue weighted by Crippen LogP contribution is -2.03. The molecule has 0 aliphatic carbocycles. The predicted molar refractivity (Wildman–Crippen MR) is 74.9 cm³/mol. The molecule has 1 aromatic heterocycles. The van der Waals surface area contributed by atoms with Gasteiger partial charge in [-0.3, -0.25) is 0 Å². The summed E-state index contributed by atoms with van der Waals surface area (Å²) in [5, 5.41) is 9.76. The highest BCUT2D eigenvalue weighted by Gasteiger charge is 2.16. The van der Waals surface area contributed by atoms with Gasteiger partial charge in [0.1, 0.15) is 23.2 Å². The molecule has 1 aromatic carbocycles. The number of rotatable bonds is 3. The summed E-state index contributed by atoms with van der Waals surface area (Å²) in [5.74, 6) is 0.826. The zero-order chi connectivity index (χ0) is 13.8. The summed E-state index contributed by atoms with van der Waals surface area (Å²) in [6.07, 6.45) is 1.85. The Bertz CT molecular complexity index is 652. The molecule has 0 fully saturated rings. The van der Waals surface area contributed by atoms with E-state index in [4.69, 9.17) is 10.5 Å². The number of nitrogens with zero attached hydrogens (tertiary/aromatic N) is 3. The van der Waals surface area contributed by atoms with Crippen LogP contribution in [-0.2, 0) is 0 Å². The number of thioether (sulfide) groups is 1. The van der Waals surface area contributed by atoms with Gasteiger partial charge in [-0.2, -0.15) is 5.26 Å². The number of nitriles is 1. The second kappa shape index (κ2) is 5.59. The molecule has 96 valence electrons. The molecule has 6 heteroatoms. The first-order chi connectivity index (χ1) is 9.21. The summed E-state index contributed by atoms with van der Waals surface area (Å²) < 4.78 is 5.30. The van der Waals surface area contributed by atoms with Crippen LogP contribution in [0.2, 0.25) is 0 Å². The minimum atomic E-state index is 0.183. The molecule has 2 N–H and O–H groups in total. The monoisotopic (exact) mass is 272 g/mol. The molecular formula is C13H12N4OS. The molecule has 0 unspecified atom stereocenters. The number of methoxy groups -OCH3 is 1. The van der Waals surface area contributed by atoms with Crippen LogP contribution in [0.4, 0.5) is 5.82 Å². The summed E-state index contributed by atoms with van der Waals surface area (Å²) in [6, 6.07) is 9.41. The SMILES string of the molecule is COc1ccccc1-c1nc(SC)nc(N)c1C#N. The molecule has 0 amide bonds. The number of anilines is 1. The molecule has 0 spiro atoms. The largest absolute Gasteiger partial charge is 0.496 e. The van der Waals surface area contributed by atoms with Crippen molar-refractivity contribution in [3.63, 3.8) is 0 Å². The third kappa shape index (κ3) is 2.46. The van der Waals surface area contributed by atoms with Gasteiger partial charge < -0.3 is 10.5 Å². The molecule has 0 aliphatic rings. The Hall–Kier alpha value is -2.26. The quantitative estimate of drug-likeness (QED) is 0.681. The summed E-state index contributed by atoms with van der Waals surface area (Å²) in [5.41, 5.74) is 7.30. The van der Waals surface area contributed by atoms with Crippen molar-refractivity contribution in [1.29, 1.82) is 5.26 Å². The van der Waals surface area contributed by atoms with Gasteiger partial charge in [-0.25, -0.2) is 9.97 Å². The molecule has 1 heterocycles. The van der Waals surface area contributed by atoms with E-state index in [1.807, 2.05) is 30.5 Å². The molecule has 2 aromatic rings. The normalized spacial score (nSPS) is 9.95. The lowest BCUT2D eigenvalue weighted by atomic mass is 10.1. The van der Waals surface area contributed by atoms with Crippen LogP contribution in [0.3, 0.4) is 0 Å². The van der Waals surface area contributed by atoms with E-state index < -0.39 is 0 Å². The number of hydrogen-bond acceptors (Lipinski definition) is 6. The van der Waals surface area contributed by atoms with Crippen molar-refractivity contribution in [2.75, 3.05) is 19.1 Å². The average molecular weight is 272 g/mol. The van der Waals surface area contributed by atoms with Crippen LogP contribution in [0.15, 0.2) is 29.4 Å². The van der Waals surface area contributed by atoms with Crippen molar-refractivity contribution in [2.24, 2.45) is 0 Å². The fourth-order valence-corrected chi connectivity index (χ4v) is 2.07. The van der Waals surface area contributed by atoms with Crippen LogP contribution in [0.1, 0.15) is 5.56 Å². The molecule has 0 radical (unpaired) electrons. The second-order valence-corrected chi connectivity index (χ2v) is 4.40. The number of nitrogens with two attached hydrogens (primary N) is 1. The summed E-state index contributed by atoms with van der Waals surface area (Å²) in [4.78, 5) is 8.44. The zero-order valence-corrected chi connectivity index (χ0v) is 11.4. The van der Waals surface area contributed by atoms with Crippen LogP contribution < -0.4 is 10.5 Å². The minimum Gasteiger partial charge on any atom is -0.496 e. The lowest BCUT2D eigenvalue weighted by molar-refractivity contribution is 0.416. The van der Waals surface area contributed by atoms with Crippen LogP contribution in [0, 0.1) is 11.3 Å². The zero-order valence-electron chi connectivity index (χ0n) is 10.5. The molecule has 2 rings (SSSR count). The number of nitrogen functional groups attached to an aromatic ring is 1. The number of para-hydroxylation sites is 1. The summed E-state index contributed by atoms with van der Waals surface area (Å²) >= 11 is 1.37. The minimum absolute atomic E-state index is 0.183. The third-order valence-corrected chi connectivity index (χ3v) is 3.12. The molecule has 0 atom stereocenters. The summed E-state index contributed by atoms with van der Waals surface area (Å²) in [6.45, 7) is 0. The molecular weight excluding hydrogens is 260 g/mol. The maximum absolute atomic E-state index is 9.23. The molecule has 19 heavy (non-hydrogen) atoms. The van der Waals surface area contributed by atoms with Crippen LogP contribution in [-0.4, -0.2) is 23.3 Å². The Kier molecular flexibility index (Phi) is 3.88. The van der Waals surface area contributed by atoms with Crippen molar-refractivity contribution in [1.82, 2.24) is 9.97 Å². The predicted octanol–water partition coefficient (Wildman–Crippen LogP) is 2.33. The maximum atomic E-state index is 9.23. The van der Waals surface area contributed by atoms with E-state index in [0.29, 0.717) is 16.6 Å². The maximum Gasteiger partial charge on any atom is 0.189 e. The molecule has 0 saturated carbocycles. The van der Waals surface area contributed by atoms with Gasteiger partial charge >= 0.3 is 0 Å². The highest BCUT2D eigenvalue weighted by atomic mass is 32.2. The number of benzene rings is 1. The van der Waals surface area contributed by atoms with Crippen molar-refractivity contribution < 1.29 is 4.74 Å². The lowest BCUT2D eigenvalue weighted by Gasteiger charge is -2.10. The molecule has 0 bridgehead atoms. The first kappa shape index (κ1) is 13.2. The fourth-order valence-electron chi connectivity index (χ4n) is 1.69. The van der Waals surface area contributed by atoms with E-state index >= 15 is 0 Å². The first-order valence-electron chi connectivity index (χ1n) is 5.46. The van der Waals surface area contributed by atoms with Crippen LogP contribution in [0.25, 0.3) is 11.3 Å². The molecule has 0 saturated heterocycles. The van der Waals surface area contributed by atoms with Crippen molar-refractivity contribution in [3.05, 3.63) is 29.8 Å². The summed E-state index contributed by atoms with van der Waals surface area (Å²) in [7, 11) is 1.57. The van der Waals surface area contributed by atoms with E-state index in [2.05, 4.69) is 16.0 Å². The van der Waals surface area contributed by atoms with Crippen LogP contribution >= 0.6 is 11.8 Å². The Morgan fingerprint density at radius 2 is 2.05 bits per heavy atom. The van der Waals surface area contributed by atoms with E-state index in [0.717, 1.165) is 5.56 Å². The van der Waals surface area contributed by atoms with E-state index in [1.54, 1.807) is 7.11 Å². The molecule has 5 nitrogen and oxygen atoms in total. The Morgan fingerprint density at radius 1 is 1.32 bits per heavy atom. The van der Waals surface area contributed by atoms with Crippen molar-refractivity contribution >= 4 is 17.6 Å². The van der Waals surface area contributed by atoms with Crippen molar-refractivity contribution in [3.8, 4) is 23.1 Å². The third-order valence-electron chi connectivity index (χ3n) is 2.57. The van der Waals surface area contributed by atoms with Crippen LogP contribution in [0.5, 0.6) is 5.75 Å². The van der Waals surface area contributed by atoms with Gasteiger partial charge in [0.05, 0.1) is 12.8 Å². The second-order valence-electron chi connectivity index (χ2n) is 3.63. The van der Waals surface area contributed by atoms with Gasteiger partial charge in [-0.05, 0) is 18.4 Å². The Balaban J connectivity index is 2.74. The number of hydrogen-bond donors (Lipinski definition) is 1. The molecule has 0 aliphatic heterocycles. The highest BCUT2D eigenvalue weighted by Crippen LogP contribution is 2.33. The smallest absolute Gasteiger partial charge is 0.189 e. The van der Waals surface area contributed by atoms with Gasteiger partial charge in [0.25, 0.3) is 0 Å². The van der Waals surface area contributed by atoms with E-state index in [1.165, 1.54) is 11.8 Å². The van der Waals surface area contributed by atoms with E-state index in [9.17, 15) is 5.26 Å². The Labute approximate surface area is 115 Å². The fraction of sp³-hybridized carbons (Fsp3) is 0.154. The number of aromatic nitrogens is 2. The highest BCUT2D eigenvalue weighted by molar-refractivity contribution is 7.98. The van der Waals surface area contributed by atoms with Gasteiger partial charge in [0, 0.05) is 5.56 Å². The van der Waals surface area contributed by atoms with Gasteiger partial charge in [0.15, 0.2) is 5.16 Å². The number of ether oxygens (including phenoxy) is 1. The van der Waals surface area contributed by atoms with Gasteiger partial charge in [0.2, 0.25) is 0 Å². The standard InChI is InChI=1S/C13H12N4OS/c1-18-10-6-4-3-5-8(10)11-9(7-14)12(15)17-13(16-11)19-2/h3-6H,1-2H3,(H2,15,16,17).